The number of ether oxygens (including phenoxy) is 1. The average Bonchev–Trinajstić information content (AvgIpc) is 3.01. The molecule has 0 spiro atoms. The smallest absolute Gasteiger partial charge is 0.417 e. The fourth-order valence-corrected chi connectivity index (χ4v) is 3.89. The van der Waals surface area contributed by atoms with Gasteiger partial charge in [-0.05, 0) is 32.0 Å². The van der Waals surface area contributed by atoms with Gasteiger partial charge in [-0.15, -0.1) is 10.2 Å². The number of nitrogens with zero attached hydrogens (tertiary/aromatic N) is 5. The summed E-state index contributed by atoms with van der Waals surface area (Å²) >= 11 is 12.7. The van der Waals surface area contributed by atoms with Crippen molar-refractivity contribution < 1.29 is 17.9 Å². The van der Waals surface area contributed by atoms with Crippen LogP contribution in [0.25, 0.3) is 5.69 Å². The Hall–Kier alpha value is -2.65. The van der Waals surface area contributed by atoms with Crippen LogP contribution in [0.15, 0.2) is 29.3 Å². The summed E-state index contributed by atoms with van der Waals surface area (Å²) in [6, 6.07) is 4.78. The second-order valence-corrected chi connectivity index (χ2v) is 7.38. The molecule has 0 unspecified atom stereocenters. The number of methoxy groups -OCH3 is 1. The molecule has 1 atom stereocenters. The summed E-state index contributed by atoms with van der Waals surface area (Å²) in [5.41, 5.74) is -0.322. The molecule has 156 valence electrons. The largest absolute Gasteiger partial charge is 0.481 e. The maximum absolute atomic E-state index is 13.6. The van der Waals surface area contributed by atoms with E-state index in [1.54, 1.807) is 24.5 Å². The Labute approximate surface area is 179 Å². The van der Waals surface area contributed by atoms with Crippen LogP contribution in [-0.2, 0) is 6.18 Å². The summed E-state index contributed by atoms with van der Waals surface area (Å²) in [6.45, 7) is 3.44. The second-order valence-electron chi connectivity index (χ2n) is 6.60. The molecule has 1 aliphatic rings. The van der Waals surface area contributed by atoms with Crippen LogP contribution in [0, 0.1) is 6.92 Å². The highest BCUT2D eigenvalue weighted by Gasteiger charge is 2.38. The molecule has 2 aromatic heterocycles. The van der Waals surface area contributed by atoms with Crippen molar-refractivity contribution in [1.29, 1.82) is 0 Å². The number of aryl methyl sites for hydroxylation is 1. The van der Waals surface area contributed by atoms with E-state index in [-0.39, 0.29) is 27.9 Å². The van der Waals surface area contributed by atoms with E-state index in [0.29, 0.717) is 17.3 Å². The number of rotatable bonds is 2. The number of aromatic nitrogens is 4. The van der Waals surface area contributed by atoms with Gasteiger partial charge in [0.05, 0.1) is 34.1 Å². The molecule has 0 bridgehead atoms. The Balaban J connectivity index is 2.12. The van der Waals surface area contributed by atoms with Crippen molar-refractivity contribution in [2.24, 2.45) is 4.99 Å². The number of pyridine rings is 1. The predicted octanol–water partition coefficient (Wildman–Crippen LogP) is 5.22. The third kappa shape index (κ3) is 3.22. The summed E-state index contributed by atoms with van der Waals surface area (Å²) < 4.78 is 47.7. The molecule has 30 heavy (non-hydrogen) atoms. The van der Waals surface area contributed by atoms with Crippen LogP contribution in [0.2, 0.25) is 10.0 Å². The van der Waals surface area contributed by atoms with Gasteiger partial charge in [0, 0.05) is 11.6 Å². The third-order valence-electron chi connectivity index (χ3n) is 4.70. The first-order valence-corrected chi connectivity index (χ1v) is 9.50. The zero-order valence-corrected chi connectivity index (χ0v) is 17.4. The van der Waals surface area contributed by atoms with Gasteiger partial charge in [-0.3, -0.25) is 9.56 Å². The number of halogens is 5. The molecule has 1 aromatic carbocycles. The van der Waals surface area contributed by atoms with Gasteiger partial charge in [0.2, 0.25) is 5.88 Å². The van der Waals surface area contributed by atoms with Gasteiger partial charge in [0.15, 0.2) is 5.82 Å². The van der Waals surface area contributed by atoms with Gasteiger partial charge in [-0.1, -0.05) is 23.2 Å². The molecule has 0 N–H and O–H groups in total. The number of fused-ring (bicyclic) bond motifs is 3. The molecule has 0 fully saturated rings. The lowest BCUT2D eigenvalue weighted by molar-refractivity contribution is -0.137. The number of hydrogen-bond donors (Lipinski definition) is 0. The van der Waals surface area contributed by atoms with Gasteiger partial charge < -0.3 is 4.74 Å². The van der Waals surface area contributed by atoms with Crippen LogP contribution in [0.1, 0.15) is 41.4 Å². The highest BCUT2D eigenvalue weighted by atomic mass is 35.5. The van der Waals surface area contributed by atoms with E-state index in [9.17, 15) is 13.2 Å². The summed E-state index contributed by atoms with van der Waals surface area (Å²) in [5, 5.41) is 7.88. The van der Waals surface area contributed by atoms with Crippen molar-refractivity contribution in [2.45, 2.75) is 26.1 Å². The number of aliphatic imine (C=N–C) groups is 1. The fourth-order valence-electron chi connectivity index (χ4n) is 3.34. The zero-order valence-electron chi connectivity index (χ0n) is 15.9. The minimum absolute atomic E-state index is 0.0441. The molecule has 3 heterocycles. The third-order valence-corrected chi connectivity index (χ3v) is 5.40. The standard InChI is InChI=1S/C19H14Cl2F3N5O/c1-8-18-28-27-9(2)29(18)12-6-4-10(19(22,23)24)15(21)14(12)17(25-8)16-11(20)5-7-13(26-16)30-3/h4-8H,1-3H3/t8-/m0/s1. The van der Waals surface area contributed by atoms with Crippen molar-refractivity contribution in [2.75, 3.05) is 7.11 Å². The minimum atomic E-state index is -4.66. The summed E-state index contributed by atoms with van der Waals surface area (Å²) in [7, 11) is 1.42. The molecule has 0 amide bonds. The molecule has 0 radical (unpaired) electrons. The van der Waals surface area contributed by atoms with E-state index in [1.165, 1.54) is 19.2 Å². The van der Waals surface area contributed by atoms with E-state index in [1.807, 2.05) is 0 Å². The maximum atomic E-state index is 13.6. The zero-order chi connectivity index (χ0) is 21.8. The lowest BCUT2D eigenvalue weighted by Gasteiger charge is -2.18. The van der Waals surface area contributed by atoms with Crippen LogP contribution in [0.3, 0.4) is 0 Å². The van der Waals surface area contributed by atoms with Crippen LogP contribution in [0.4, 0.5) is 13.2 Å². The SMILES string of the molecule is COc1ccc(Cl)c(C2=N[C@@H](C)c3nnc(C)n3-c3ccc(C(F)(F)F)c(Cl)c32)n1. The summed E-state index contributed by atoms with van der Waals surface area (Å²) in [5.74, 6) is 1.17. The van der Waals surface area contributed by atoms with Crippen LogP contribution < -0.4 is 4.74 Å². The van der Waals surface area contributed by atoms with E-state index in [2.05, 4.69) is 20.2 Å². The Morgan fingerprint density at radius 1 is 1.10 bits per heavy atom. The van der Waals surface area contributed by atoms with Crippen molar-refractivity contribution in [3.8, 4) is 11.6 Å². The molecular weight excluding hydrogens is 442 g/mol. The first-order valence-electron chi connectivity index (χ1n) is 8.74. The number of benzene rings is 1. The van der Waals surface area contributed by atoms with Crippen molar-refractivity contribution >= 4 is 28.9 Å². The number of hydrogen-bond acceptors (Lipinski definition) is 5. The Morgan fingerprint density at radius 3 is 2.50 bits per heavy atom. The highest BCUT2D eigenvalue weighted by Crippen LogP contribution is 2.42. The van der Waals surface area contributed by atoms with Gasteiger partial charge in [-0.2, -0.15) is 13.2 Å². The Bertz CT molecular complexity index is 1190. The first-order chi connectivity index (χ1) is 14.1. The second kappa shape index (κ2) is 7.24. The summed E-state index contributed by atoms with van der Waals surface area (Å²) in [6.07, 6.45) is -4.66. The van der Waals surface area contributed by atoms with Gasteiger partial charge in [0.25, 0.3) is 0 Å². The average molecular weight is 456 g/mol. The minimum Gasteiger partial charge on any atom is -0.481 e. The molecule has 3 aromatic rings. The fraction of sp³-hybridized carbons (Fsp3) is 0.263. The molecule has 4 rings (SSSR count). The summed E-state index contributed by atoms with van der Waals surface area (Å²) in [4.78, 5) is 8.92. The van der Waals surface area contributed by atoms with Gasteiger partial charge in [0.1, 0.15) is 17.6 Å². The lowest BCUT2D eigenvalue weighted by atomic mass is 10.0. The first kappa shape index (κ1) is 20.6. The van der Waals surface area contributed by atoms with Gasteiger partial charge in [-0.25, -0.2) is 4.98 Å². The monoisotopic (exact) mass is 455 g/mol. The van der Waals surface area contributed by atoms with Crippen molar-refractivity contribution in [1.82, 2.24) is 19.7 Å². The topological polar surface area (TPSA) is 65.2 Å². The Morgan fingerprint density at radius 2 is 1.83 bits per heavy atom. The lowest BCUT2D eigenvalue weighted by Crippen LogP contribution is -2.15. The van der Waals surface area contributed by atoms with E-state index >= 15 is 0 Å². The van der Waals surface area contributed by atoms with Crippen LogP contribution in [-0.4, -0.2) is 32.6 Å². The van der Waals surface area contributed by atoms with Crippen molar-refractivity contribution in [3.63, 3.8) is 0 Å². The van der Waals surface area contributed by atoms with Crippen molar-refractivity contribution in [3.05, 3.63) is 62.8 Å². The maximum Gasteiger partial charge on any atom is 0.417 e. The Kier molecular flexibility index (Phi) is 4.98. The molecule has 1 aliphatic heterocycles. The molecule has 6 nitrogen and oxygen atoms in total. The van der Waals surface area contributed by atoms with Crippen LogP contribution >= 0.6 is 23.2 Å². The molecule has 0 saturated heterocycles. The predicted molar refractivity (Wildman–Crippen MR) is 106 cm³/mol. The quantitative estimate of drug-likeness (QED) is 0.531. The number of alkyl halides is 3. The highest BCUT2D eigenvalue weighted by molar-refractivity contribution is 6.39. The van der Waals surface area contributed by atoms with Crippen LogP contribution in [0.5, 0.6) is 5.88 Å². The molecule has 0 saturated carbocycles. The molecule has 0 aliphatic carbocycles. The van der Waals surface area contributed by atoms with Gasteiger partial charge >= 0.3 is 6.18 Å². The van der Waals surface area contributed by atoms with E-state index in [0.717, 1.165) is 6.07 Å². The normalized spacial score (nSPS) is 15.9. The molecule has 11 heteroatoms. The molecular formula is C19H14Cl2F3N5O. The van der Waals surface area contributed by atoms with E-state index < -0.39 is 22.8 Å². The van der Waals surface area contributed by atoms with E-state index in [4.69, 9.17) is 27.9 Å².